The fourth-order valence-electron chi connectivity index (χ4n) is 2.84. The number of esters is 1. The van der Waals surface area contributed by atoms with Gasteiger partial charge in [-0.1, -0.05) is 66.2 Å². The molecule has 4 N–H and O–H groups in total. The van der Waals surface area contributed by atoms with E-state index in [0.29, 0.717) is 5.56 Å². The molecule has 0 spiro atoms. The maximum Gasteiger partial charge on any atom is 0.325 e. The third kappa shape index (κ3) is 8.89. The lowest BCUT2D eigenvalue weighted by Crippen LogP contribution is -2.46. The minimum Gasteiger partial charge on any atom is -0.460 e. The summed E-state index contributed by atoms with van der Waals surface area (Å²) < 4.78 is 61.9. The van der Waals surface area contributed by atoms with Crippen LogP contribution < -0.4 is 10.5 Å². The van der Waals surface area contributed by atoms with Crippen molar-refractivity contribution in [3.63, 3.8) is 0 Å². The summed E-state index contributed by atoms with van der Waals surface area (Å²) in [6.45, 7) is 3.34. The van der Waals surface area contributed by atoms with Crippen LogP contribution in [0.25, 0.3) is 0 Å². The molecule has 0 aliphatic heterocycles. The van der Waals surface area contributed by atoms with Crippen molar-refractivity contribution < 1.29 is 30.9 Å². The number of hydrogen-bond acceptors (Lipinski definition) is 7. The smallest absolute Gasteiger partial charge is 0.325 e. The highest BCUT2D eigenvalue weighted by molar-refractivity contribution is 7.89. The largest absolute Gasteiger partial charge is 0.460 e. The Balaban J connectivity index is 0.000000328. The molecule has 3 aromatic carbocycles. The molecule has 188 valence electrons. The zero-order chi connectivity index (χ0) is 26.1. The van der Waals surface area contributed by atoms with Crippen LogP contribution in [0.1, 0.15) is 16.7 Å². The highest BCUT2D eigenvalue weighted by Gasteiger charge is 2.25. The molecule has 35 heavy (non-hydrogen) atoms. The molecule has 9 nitrogen and oxygen atoms in total. The van der Waals surface area contributed by atoms with Crippen molar-refractivity contribution in [2.75, 3.05) is 6.54 Å². The molecule has 0 aliphatic rings. The van der Waals surface area contributed by atoms with Gasteiger partial charge in [0.2, 0.25) is 10.0 Å². The highest BCUT2D eigenvalue weighted by Crippen LogP contribution is 2.13. The highest BCUT2D eigenvalue weighted by atomic mass is 32.2. The van der Waals surface area contributed by atoms with Crippen LogP contribution in [-0.2, 0) is 36.3 Å². The van der Waals surface area contributed by atoms with E-state index in [2.05, 4.69) is 4.72 Å². The van der Waals surface area contributed by atoms with Crippen molar-refractivity contribution in [2.24, 2.45) is 5.73 Å². The van der Waals surface area contributed by atoms with Crippen LogP contribution in [0.3, 0.4) is 0 Å². The van der Waals surface area contributed by atoms with Crippen molar-refractivity contribution in [1.29, 1.82) is 0 Å². The van der Waals surface area contributed by atoms with Crippen LogP contribution in [0.5, 0.6) is 0 Å². The van der Waals surface area contributed by atoms with E-state index in [0.717, 1.165) is 11.1 Å². The first-order valence-corrected chi connectivity index (χ1v) is 13.4. The van der Waals surface area contributed by atoms with E-state index < -0.39 is 32.2 Å². The van der Waals surface area contributed by atoms with Crippen molar-refractivity contribution in [3.05, 3.63) is 95.6 Å². The standard InChI is InChI=1S/C17H20N2O4S.C7H8O3S/c1-13-7-9-15(10-8-13)24(21,22)19-16(11-18)17(20)23-12-14-5-3-2-4-6-14;1-6-4-2-3-5-7(6)11(8,9)10/h2-10,16,19H,11-12,18H2,1H3;2-5H,1H3,(H,8,9,10)/t16-;/m0./s1. The van der Waals surface area contributed by atoms with E-state index in [1.54, 1.807) is 49.4 Å². The first-order valence-electron chi connectivity index (χ1n) is 10.5. The Hall–Kier alpha value is -3.09. The van der Waals surface area contributed by atoms with Gasteiger partial charge in [0.15, 0.2) is 0 Å². The lowest BCUT2D eigenvalue weighted by Gasteiger charge is -2.16. The molecular formula is C24H28N2O7S2. The van der Waals surface area contributed by atoms with Crippen LogP contribution in [-0.4, -0.2) is 39.9 Å². The molecule has 0 saturated carbocycles. The second-order valence-electron chi connectivity index (χ2n) is 7.56. The maximum atomic E-state index is 12.3. The van der Waals surface area contributed by atoms with Gasteiger partial charge in [0, 0.05) is 6.54 Å². The molecule has 0 heterocycles. The quantitative estimate of drug-likeness (QED) is 0.303. The topological polar surface area (TPSA) is 153 Å². The average Bonchev–Trinajstić information content (AvgIpc) is 2.82. The minimum atomic E-state index is -4.03. The van der Waals surface area contributed by atoms with Crippen LogP contribution in [0.15, 0.2) is 88.7 Å². The van der Waals surface area contributed by atoms with Gasteiger partial charge >= 0.3 is 5.97 Å². The normalized spacial score (nSPS) is 12.2. The molecule has 0 saturated heterocycles. The van der Waals surface area contributed by atoms with Gasteiger partial charge in [-0.15, -0.1) is 0 Å². The Morgan fingerprint density at radius 3 is 2.00 bits per heavy atom. The Morgan fingerprint density at radius 1 is 0.914 bits per heavy atom. The number of sulfonamides is 1. The van der Waals surface area contributed by atoms with E-state index in [9.17, 15) is 21.6 Å². The Bertz CT molecular complexity index is 1330. The average molecular weight is 521 g/mol. The lowest BCUT2D eigenvalue weighted by molar-refractivity contribution is -0.146. The third-order valence-electron chi connectivity index (χ3n) is 4.74. The van der Waals surface area contributed by atoms with Crippen molar-refractivity contribution >= 4 is 26.1 Å². The fourth-order valence-corrected chi connectivity index (χ4v) is 4.76. The van der Waals surface area contributed by atoms with Gasteiger partial charge in [-0.3, -0.25) is 9.35 Å². The lowest BCUT2D eigenvalue weighted by atomic mass is 10.2. The van der Waals surface area contributed by atoms with Crippen LogP contribution in [0.4, 0.5) is 0 Å². The number of hydrogen-bond donors (Lipinski definition) is 3. The number of aryl methyl sites for hydroxylation is 2. The number of nitrogens with one attached hydrogen (secondary N) is 1. The second kappa shape index (κ2) is 12.6. The molecule has 0 fully saturated rings. The number of benzene rings is 3. The zero-order valence-electron chi connectivity index (χ0n) is 19.3. The summed E-state index contributed by atoms with van der Waals surface area (Å²) in [6.07, 6.45) is 0. The van der Waals surface area contributed by atoms with Crippen LogP contribution in [0, 0.1) is 13.8 Å². The molecule has 11 heteroatoms. The third-order valence-corrected chi connectivity index (χ3v) is 7.25. The molecule has 1 atom stereocenters. The SMILES string of the molecule is Cc1ccc(S(=O)(=O)N[C@@H](CN)C(=O)OCc2ccccc2)cc1.Cc1ccccc1S(=O)(=O)O. The van der Waals surface area contributed by atoms with Crippen molar-refractivity contribution in [3.8, 4) is 0 Å². The van der Waals surface area contributed by atoms with E-state index in [-0.39, 0.29) is 22.9 Å². The monoisotopic (exact) mass is 520 g/mol. The maximum absolute atomic E-state index is 12.3. The van der Waals surface area contributed by atoms with Gasteiger partial charge in [-0.25, -0.2) is 8.42 Å². The van der Waals surface area contributed by atoms with Gasteiger partial charge in [0.25, 0.3) is 10.1 Å². The predicted octanol–water partition coefficient (Wildman–Crippen LogP) is 2.59. The molecule has 0 unspecified atom stereocenters. The summed E-state index contributed by atoms with van der Waals surface area (Å²) in [5.74, 6) is -0.711. The molecule has 0 aromatic heterocycles. The summed E-state index contributed by atoms with van der Waals surface area (Å²) >= 11 is 0. The molecule has 0 radical (unpaired) electrons. The first kappa shape index (κ1) is 28.1. The van der Waals surface area contributed by atoms with Gasteiger partial charge in [0.05, 0.1) is 9.79 Å². The molecule has 0 aliphatic carbocycles. The summed E-state index contributed by atoms with van der Waals surface area (Å²) in [5.41, 5.74) is 7.82. The Labute approximate surface area is 205 Å². The van der Waals surface area contributed by atoms with E-state index in [4.69, 9.17) is 15.0 Å². The van der Waals surface area contributed by atoms with Gasteiger partial charge < -0.3 is 10.5 Å². The van der Waals surface area contributed by atoms with E-state index >= 15 is 0 Å². The van der Waals surface area contributed by atoms with Crippen molar-refractivity contribution in [1.82, 2.24) is 4.72 Å². The number of ether oxygens (including phenoxy) is 1. The number of nitrogens with two attached hydrogens (primary N) is 1. The first-order chi connectivity index (χ1) is 16.4. The summed E-state index contributed by atoms with van der Waals surface area (Å²) in [7, 11) is -7.88. The molecule has 3 aromatic rings. The van der Waals surface area contributed by atoms with E-state index in [1.807, 2.05) is 25.1 Å². The number of carbonyl (C=O) groups excluding carboxylic acids is 1. The fraction of sp³-hybridized carbons (Fsp3) is 0.208. The van der Waals surface area contributed by atoms with Gasteiger partial charge in [-0.2, -0.15) is 13.1 Å². The van der Waals surface area contributed by atoms with Crippen LogP contribution in [0.2, 0.25) is 0 Å². The van der Waals surface area contributed by atoms with Gasteiger partial charge in [0.1, 0.15) is 12.6 Å². The summed E-state index contributed by atoms with van der Waals surface area (Å²) in [5, 5.41) is 0. The second-order valence-corrected chi connectivity index (χ2v) is 10.7. The predicted molar refractivity (Wildman–Crippen MR) is 132 cm³/mol. The Morgan fingerprint density at radius 2 is 1.49 bits per heavy atom. The summed E-state index contributed by atoms with van der Waals surface area (Å²) in [4.78, 5) is 12.1. The Kier molecular flexibility index (Phi) is 10.1. The van der Waals surface area contributed by atoms with Gasteiger partial charge in [-0.05, 0) is 43.2 Å². The van der Waals surface area contributed by atoms with Crippen LogP contribution >= 0.6 is 0 Å². The number of carbonyl (C=O) groups is 1. The van der Waals surface area contributed by atoms with E-state index in [1.165, 1.54) is 18.2 Å². The molecular weight excluding hydrogens is 492 g/mol. The number of rotatable bonds is 8. The molecule has 0 amide bonds. The minimum absolute atomic E-state index is 0.0278. The zero-order valence-corrected chi connectivity index (χ0v) is 20.9. The van der Waals surface area contributed by atoms with Crippen molar-refractivity contribution in [2.45, 2.75) is 36.3 Å². The molecule has 3 rings (SSSR count). The molecule has 0 bridgehead atoms. The summed E-state index contributed by atoms with van der Waals surface area (Å²) in [6, 6.07) is 20.5.